The number of nitrogens with two attached hydrogens (primary N) is 1. The molecule has 0 aliphatic carbocycles. The molecule has 8 nitrogen and oxygen atoms in total. The van der Waals surface area contributed by atoms with Gasteiger partial charge in [0.1, 0.15) is 17.1 Å². The van der Waals surface area contributed by atoms with Crippen LogP contribution in [0.1, 0.15) is 23.0 Å². The maximum atomic E-state index is 13.8. The zero-order valence-corrected chi connectivity index (χ0v) is 19.4. The second kappa shape index (κ2) is 9.46. The molecule has 5 rings (SSSR count). The molecular weight excluding hydrogens is 461 g/mol. The maximum Gasteiger partial charge on any atom is 0.335 e. The van der Waals surface area contributed by atoms with Crippen LogP contribution in [0.3, 0.4) is 0 Å². The summed E-state index contributed by atoms with van der Waals surface area (Å²) in [6, 6.07) is 21.9. The van der Waals surface area contributed by atoms with Crippen molar-refractivity contribution in [2.45, 2.75) is 13.5 Å². The molecule has 0 spiro atoms. The fraction of sp³-hybridized carbons (Fsp3) is 0.111. The van der Waals surface area contributed by atoms with Crippen LogP contribution in [0.15, 0.2) is 83.7 Å². The van der Waals surface area contributed by atoms with E-state index in [1.165, 1.54) is 33.4 Å². The van der Waals surface area contributed by atoms with Crippen LogP contribution in [0.2, 0.25) is 0 Å². The quantitative estimate of drug-likeness (QED) is 0.378. The van der Waals surface area contributed by atoms with Crippen molar-refractivity contribution in [2.24, 2.45) is 5.73 Å². The van der Waals surface area contributed by atoms with E-state index in [0.29, 0.717) is 23.6 Å². The number of carbonyl (C=O) groups is 1. The second-order valence-corrected chi connectivity index (χ2v) is 8.03. The minimum Gasteiger partial charge on any atom is -0.493 e. The van der Waals surface area contributed by atoms with Gasteiger partial charge in [-0.2, -0.15) is 0 Å². The van der Waals surface area contributed by atoms with E-state index in [1.54, 1.807) is 18.2 Å². The first-order chi connectivity index (χ1) is 17.5. The van der Waals surface area contributed by atoms with Crippen molar-refractivity contribution in [1.82, 2.24) is 19.1 Å². The molecule has 9 heteroatoms. The smallest absolute Gasteiger partial charge is 0.335 e. The molecule has 0 saturated heterocycles. The first kappa shape index (κ1) is 23.0. The lowest BCUT2D eigenvalue weighted by molar-refractivity contribution is 0.0997. The van der Waals surface area contributed by atoms with Crippen molar-refractivity contribution >= 4 is 17.1 Å². The molecule has 0 aliphatic rings. The molecule has 5 aromatic rings. The number of aromatic nitrogens is 4. The predicted molar refractivity (Wildman–Crippen MR) is 134 cm³/mol. The zero-order valence-electron chi connectivity index (χ0n) is 19.4. The Bertz CT molecular complexity index is 1630. The van der Waals surface area contributed by atoms with Crippen molar-refractivity contribution in [3.63, 3.8) is 0 Å². The number of imidazole rings is 1. The molecule has 2 heterocycles. The largest absolute Gasteiger partial charge is 0.493 e. The number of halogens is 1. The van der Waals surface area contributed by atoms with Crippen molar-refractivity contribution < 1.29 is 13.9 Å². The lowest BCUT2D eigenvalue weighted by Crippen LogP contribution is -2.24. The Morgan fingerprint density at radius 1 is 0.972 bits per heavy atom. The van der Waals surface area contributed by atoms with E-state index in [1.807, 2.05) is 43.3 Å². The van der Waals surface area contributed by atoms with Crippen LogP contribution in [0, 0.1) is 5.82 Å². The van der Waals surface area contributed by atoms with Crippen LogP contribution in [-0.2, 0) is 6.54 Å². The van der Waals surface area contributed by atoms with Gasteiger partial charge in [0.2, 0.25) is 0 Å². The molecule has 0 radical (unpaired) electrons. The molecule has 0 aliphatic heterocycles. The number of rotatable bonds is 7. The first-order valence-electron chi connectivity index (χ1n) is 11.3. The molecule has 0 unspecified atom stereocenters. The number of primary amides is 1. The Kier molecular flexibility index (Phi) is 6.03. The molecular formula is C27H22FN5O3. The number of nitrogens with zero attached hydrogens (tertiary/aromatic N) is 4. The zero-order chi connectivity index (χ0) is 25.2. The molecule has 0 saturated carbocycles. The van der Waals surface area contributed by atoms with Gasteiger partial charge >= 0.3 is 5.69 Å². The van der Waals surface area contributed by atoms with Gasteiger partial charge < -0.3 is 10.5 Å². The van der Waals surface area contributed by atoms with E-state index < -0.39 is 17.4 Å². The van der Waals surface area contributed by atoms with Crippen LogP contribution in [-0.4, -0.2) is 31.6 Å². The van der Waals surface area contributed by atoms with E-state index >= 15 is 0 Å². The minimum atomic E-state index is -0.810. The Balaban J connectivity index is 1.86. The number of fused-ring (bicyclic) bond motifs is 1. The molecule has 2 N–H and O–H groups in total. The molecule has 0 fully saturated rings. The normalized spacial score (nSPS) is 11.1. The van der Waals surface area contributed by atoms with Gasteiger partial charge in [-0.3, -0.25) is 9.36 Å². The summed E-state index contributed by atoms with van der Waals surface area (Å²) in [5.74, 6) is -0.559. The highest BCUT2D eigenvalue weighted by Crippen LogP contribution is 2.30. The monoisotopic (exact) mass is 483 g/mol. The molecule has 180 valence electrons. The summed E-state index contributed by atoms with van der Waals surface area (Å²) in [6.45, 7) is 2.42. The Morgan fingerprint density at radius 2 is 1.67 bits per heavy atom. The third-order valence-electron chi connectivity index (χ3n) is 5.70. The molecule has 2 aromatic heterocycles. The highest BCUT2D eigenvalue weighted by Gasteiger charge is 2.25. The fourth-order valence-corrected chi connectivity index (χ4v) is 4.11. The third kappa shape index (κ3) is 4.11. The second-order valence-electron chi connectivity index (χ2n) is 8.03. The minimum absolute atomic E-state index is 0.102. The van der Waals surface area contributed by atoms with Gasteiger partial charge in [-0.1, -0.05) is 42.5 Å². The number of hydrogen-bond acceptors (Lipinski definition) is 5. The van der Waals surface area contributed by atoms with E-state index in [-0.39, 0.29) is 29.2 Å². The maximum absolute atomic E-state index is 13.8. The van der Waals surface area contributed by atoms with Crippen molar-refractivity contribution in [2.75, 3.05) is 6.61 Å². The highest BCUT2D eigenvalue weighted by molar-refractivity contribution is 6.02. The van der Waals surface area contributed by atoms with Gasteiger partial charge in [-0.15, -0.1) is 0 Å². The number of benzene rings is 3. The van der Waals surface area contributed by atoms with Crippen molar-refractivity contribution in [3.8, 4) is 22.8 Å². The number of carbonyl (C=O) groups excluding carboxylic acids is 1. The van der Waals surface area contributed by atoms with Crippen LogP contribution in [0.25, 0.3) is 28.2 Å². The first-order valence-corrected chi connectivity index (χ1v) is 11.3. The summed E-state index contributed by atoms with van der Waals surface area (Å²) in [4.78, 5) is 35.6. The van der Waals surface area contributed by atoms with E-state index in [2.05, 4.69) is 4.98 Å². The number of amides is 1. The van der Waals surface area contributed by atoms with Crippen LogP contribution in [0.4, 0.5) is 4.39 Å². The Morgan fingerprint density at radius 3 is 2.36 bits per heavy atom. The van der Waals surface area contributed by atoms with E-state index in [0.717, 1.165) is 5.56 Å². The summed E-state index contributed by atoms with van der Waals surface area (Å²) in [7, 11) is 0. The Labute approximate surface area is 205 Å². The van der Waals surface area contributed by atoms with Crippen LogP contribution >= 0.6 is 0 Å². The summed E-state index contributed by atoms with van der Waals surface area (Å²) >= 11 is 0. The van der Waals surface area contributed by atoms with Gasteiger partial charge in [0.25, 0.3) is 5.91 Å². The number of ether oxygens (including phenoxy) is 1. The molecule has 0 atom stereocenters. The third-order valence-corrected chi connectivity index (χ3v) is 5.70. The number of hydrogen-bond donors (Lipinski definition) is 1. The lowest BCUT2D eigenvalue weighted by Gasteiger charge is -2.11. The summed E-state index contributed by atoms with van der Waals surface area (Å²) in [5, 5.41) is 0. The average Bonchev–Trinajstić information content (AvgIpc) is 3.16. The number of para-hydroxylation sites is 1. The van der Waals surface area contributed by atoms with Gasteiger partial charge in [0, 0.05) is 0 Å². The summed E-state index contributed by atoms with van der Waals surface area (Å²) < 4.78 is 22.2. The summed E-state index contributed by atoms with van der Waals surface area (Å²) in [6.07, 6.45) is 0. The topological polar surface area (TPSA) is 105 Å². The van der Waals surface area contributed by atoms with Gasteiger partial charge in [-0.05, 0) is 48.9 Å². The predicted octanol–water partition coefficient (Wildman–Crippen LogP) is 3.93. The highest BCUT2D eigenvalue weighted by atomic mass is 19.1. The van der Waals surface area contributed by atoms with Gasteiger partial charge in [0.15, 0.2) is 17.2 Å². The Hall–Kier alpha value is -4.79. The van der Waals surface area contributed by atoms with Crippen molar-refractivity contribution in [3.05, 3.63) is 106 Å². The van der Waals surface area contributed by atoms with Crippen LogP contribution in [0.5, 0.6) is 5.75 Å². The van der Waals surface area contributed by atoms with Crippen LogP contribution < -0.4 is 16.2 Å². The summed E-state index contributed by atoms with van der Waals surface area (Å²) in [5.41, 5.74) is 7.33. The van der Waals surface area contributed by atoms with E-state index in [4.69, 9.17) is 15.5 Å². The standard InChI is InChI=1S/C27H22FN5O3/c1-2-36-21-11-7-6-10-20(21)25-30-22(24(29)34)23-26(31-25)33(19-14-12-18(28)13-15-19)27(35)32(23)16-17-8-4-3-5-9-17/h3-15H,2,16H2,1H3,(H2,29,34). The SMILES string of the molecule is CCOc1ccccc1-c1nc(C(N)=O)c2c(n1)n(-c1ccc(F)cc1)c(=O)n2Cc1ccccc1. The van der Waals surface area contributed by atoms with Crippen molar-refractivity contribution in [1.29, 1.82) is 0 Å². The molecule has 36 heavy (non-hydrogen) atoms. The molecule has 3 aromatic carbocycles. The molecule has 0 bridgehead atoms. The lowest BCUT2D eigenvalue weighted by atomic mass is 10.1. The average molecular weight is 484 g/mol. The fourth-order valence-electron chi connectivity index (χ4n) is 4.11. The van der Waals surface area contributed by atoms with E-state index in [9.17, 15) is 14.0 Å². The van der Waals surface area contributed by atoms with Gasteiger partial charge in [-0.25, -0.2) is 23.7 Å². The van der Waals surface area contributed by atoms with Gasteiger partial charge in [0.05, 0.1) is 24.4 Å². The molecule has 1 amide bonds.